The molecule has 4 fully saturated rings. The Hall–Kier alpha value is -7.18. The van der Waals surface area contributed by atoms with Crippen molar-refractivity contribution in [2.24, 2.45) is 23.3 Å². The number of nitrogens with two attached hydrogens (primary N) is 3. The molecular weight excluding hydrogens is 927 g/mol. The van der Waals surface area contributed by atoms with Gasteiger partial charge in [-0.1, -0.05) is 46.2 Å². The number of nitrogens with one attached hydrogen (secondary N) is 7. The molecule has 0 saturated carbocycles. The molecule has 2 bridgehead atoms. The molecule has 388 valence electrons. The van der Waals surface area contributed by atoms with Crippen molar-refractivity contribution in [1.29, 1.82) is 0 Å². The molecule has 4 heterocycles. The molecule has 10 atom stereocenters. The maximum absolute atomic E-state index is 15.2. The van der Waals surface area contributed by atoms with Crippen molar-refractivity contribution in [2.75, 3.05) is 39.0 Å². The summed E-state index contributed by atoms with van der Waals surface area (Å²) in [4.78, 5) is 166. The van der Waals surface area contributed by atoms with E-state index >= 15 is 4.79 Å². The number of likely N-dealkylation sites (N-methyl/N-ethyl adjacent to an activating group) is 1. The Morgan fingerprint density at radius 1 is 0.859 bits per heavy atom. The van der Waals surface area contributed by atoms with Gasteiger partial charge in [0.05, 0.1) is 26.1 Å². The van der Waals surface area contributed by atoms with Crippen LogP contribution in [-0.2, 0) is 64.0 Å². The number of fused-ring (bicyclic) bond motifs is 1. The molecular formula is C46H68N13O12+. The van der Waals surface area contributed by atoms with Gasteiger partial charge in [0.15, 0.2) is 18.1 Å². The first kappa shape index (κ1) is 54.8. The minimum atomic E-state index is -1.60. The van der Waals surface area contributed by atoms with Crippen LogP contribution in [0.15, 0.2) is 24.3 Å². The van der Waals surface area contributed by atoms with E-state index in [1.165, 1.54) is 11.9 Å². The summed E-state index contributed by atoms with van der Waals surface area (Å²) in [6.07, 6.45) is -2.31. The maximum atomic E-state index is 15.2. The molecule has 1 aromatic rings. The normalized spacial score (nSPS) is 27.0. The summed E-state index contributed by atoms with van der Waals surface area (Å²) < 4.78 is -0.700. The average Bonchev–Trinajstić information content (AvgIpc) is 3.74. The molecule has 13 N–H and O–H groups in total. The van der Waals surface area contributed by atoms with E-state index < -0.39 is 169 Å². The summed E-state index contributed by atoms with van der Waals surface area (Å²) >= 11 is 0. The molecule has 0 radical (unpaired) electrons. The Morgan fingerprint density at radius 2 is 1.54 bits per heavy atom. The van der Waals surface area contributed by atoms with Crippen LogP contribution in [-0.4, -0.2) is 167 Å². The second-order valence-electron chi connectivity index (χ2n) is 19.3. The van der Waals surface area contributed by atoms with Crippen molar-refractivity contribution in [3.8, 4) is 0 Å². The lowest BCUT2D eigenvalue weighted by molar-refractivity contribution is -0.778. The smallest absolute Gasteiger partial charge is 0.339 e. The summed E-state index contributed by atoms with van der Waals surface area (Å²) in [5, 5.41) is 18.0. The second-order valence-corrected chi connectivity index (χ2v) is 19.3. The number of primary amides is 2. The summed E-state index contributed by atoms with van der Waals surface area (Å²) in [7, 11) is 1.28. The third-order valence-corrected chi connectivity index (χ3v) is 13.5. The van der Waals surface area contributed by atoms with Gasteiger partial charge in [-0.25, -0.2) is 9.28 Å². The highest BCUT2D eigenvalue weighted by atomic mass is 16.2. The van der Waals surface area contributed by atoms with Crippen LogP contribution in [0.3, 0.4) is 0 Å². The van der Waals surface area contributed by atoms with Gasteiger partial charge in [0.25, 0.3) is 5.91 Å². The first-order valence-corrected chi connectivity index (χ1v) is 23.9. The number of hydrogen-bond acceptors (Lipinski definition) is 13. The molecule has 1 spiro atoms. The number of quaternary nitrogens is 1. The van der Waals surface area contributed by atoms with E-state index in [-0.39, 0.29) is 44.6 Å². The zero-order chi connectivity index (χ0) is 52.5. The van der Waals surface area contributed by atoms with Gasteiger partial charge in [-0.05, 0) is 42.4 Å². The number of carbonyl (C=O) groups excluding carboxylic acids is 12. The van der Waals surface area contributed by atoms with Gasteiger partial charge in [-0.3, -0.25) is 57.6 Å². The predicted octanol–water partition coefficient (Wildman–Crippen LogP) is -4.38. The zero-order valence-electron chi connectivity index (χ0n) is 40.7. The van der Waals surface area contributed by atoms with Crippen molar-refractivity contribution >= 4 is 76.6 Å². The highest BCUT2D eigenvalue weighted by molar-refractivity contribution is 5.99. The summed E-state index contributed by atoms with van der Waals surface area (Å²) in [5.41, 5.74) is 17.6. The molecule has 0 aromatic heterocycles. The number of hydrogen-bond donors (Lipinski definition) is 10. The lowest BCUT2D eigenvalue weighted by Crippen LogP contribution is -2.63. The average molecular weight is 995 g/mol. The number of anilines is 1. The first-order valence-electron chi connectivity index (χ1n) is 23.9. The topological polar surface area (TPSA) is 374 Å². The van der Waals surface area contributed by atoms with Crippen LogP contribution in [0.25, 0.3) is 0 Å². The molecule has 4 aliphatic heterocycles. The van der Waals surface area contributed by atoms with Crippen LogP contribution in [0.2, 0.25) is 0 Å². The van der Waals surface area contributed by atoms with Crippen molar-refractivity contribution in [3.63, 3.8) is 0 Å². The lowest BCUT2D eigenvalue weighted by Gasteiger charge is -2.34. The van der Waals surface area contributed by atoms with Gasteiger partial charge < -0.3 is 59.3 Å². The third kappa shape index (κ3) is 13.4. The molecule has 4 aliphatic rings. The minimum Gasteiger partial charge on any atom is -0.399 e. The van der Waals surface area contributed by atoms with Gasteiger partial charge in [0, 0.05) is 51.4 Å². The molecule has 4 saturated heterocycles. The Kier molecular flexibility index (Phi) is 18.2. The van der Waals surface area contributed by atoms with E-state index in [2.05, 4.69) is 37.2 Å². The quantitative estimate of drug-likeness (QED) is 0.0426. The van der Waals surface area contributed by atoms with Gasteiger partial charge in [-0.2, -0.15) is 0 Å². The van der Waals surface area contributed by atoms with Crippen LogP contribution in [0.5, 0.6) is 0 Å². The molecule has 5 rings (SSSR count). The number of amides is 12. The maximum Gasteiger partial charge on any atom is 0.339 e. The van der Waals surface area contributed by atoms with E-state index in [0.717, 1.165) is 4.90 Å². The van der Waals surface area contributed by atoms with E-state index in [0.29, 0.717) is 17.7 Å². The number of nitrogens with zero attached hydrogens (tertiary/aromatic N) is 3. The highest BCUT2D eigenvalue weighted by Crippen LogP contribution is 2.55. The first-order chi connectivity index (χ1) is 33.5. The van der Waals surface area contributed by atoms with Crippen LogP contribution in [0, 0.1) is 11.8 Å². The van der Waals surface area contributed by atoms with Crippen LogP contribution >= 0.6 is 0 Å². The fourth-order valence-electron chi connectivity index (χ4n) is 9.74. The van der Waals surface area contributed by atoms with Crippen LogP contribution in [0.4, 0.5) is 5.69 Å². The Bertz CT molecular complexity index is 2280. The third-order valence-electron chi connectivity index (χ3n) is 13.5. The molecule has 0 aliphatic carbocycles. The molecule has 71 heavy (non-hydrogen) atoms. The van der Waals surface area contributed by atoms with E-state index in [1.54, 1.807) is 52.0 Å². The van der Waals surface area contributed by atoms with Gasteiger partial charge in [0.1, 0.15) is 24.2 Å². The number of benzene rings is 1. The molecule has 25 nitrogen and oxygen atoms in total. The SMILES string of the molecule is CCC(C)C1NC(=O)C(Cc2ccc(N)cc2)NC(=O)CNC(=O)CCC(C(=O)N(C)CC(=O)NC(CC(C)C)C(=O)NCC(N)=O)[N+]23C(=O)C(CC(=O)N4CCC2C43)NC(=O)C(CCC(N)=O)NC1=O. The Balaban J connectivity index is 1.53. The molecule has 25 heteroatoms. The molecule has 10 unspecified atom stereocenters. The Morgan fingerprint density at radius 3 is 2.17 bits per heavy atom. The van der Waals surface area contributed by atoms with Gasteiger partial charge >= 0.3 is 5.91 Å². The number of carbonyl (C=O) groups is 12. The predicted molar refractivity (Wildman–Crippen MR) is 251 cm³/mol. The minimum absolute atomic E-state index is 0.0754. The fourth-order valence-corrected chi connectivity index (χ4v) is 9.74. The standard InChI is InChI=1S/C46H67N13O12/c1-6-24(4)39-43(69)54-27(11-13-33(48)60)41(67)55-30-19-38(65)58-16-15-31-44(58)59(31,46(30)71)32(45(70)57(5)22-37(64)53-28(17-23(2)3)40(66)51-20-34(49)61)12-14-35(62)50-21-36(63)52-29(42(68)56-39)18-25-7-9-26(47)10-8-25/h7-10,23-24,27-32,39,44H,6,11-22,47H2,1-5H3,(H10-,48,49,50,51,52,53,54,55,56,60,61,62,63,64,66,67,68,69)/p+1. The van der Waals surface area contributed by atoms with Crippen molar-refractivity contribution < 1.29 is 62.0 Å². The second kappa shape index (κ2) is 23.6. The number of rotatable bonds is 16. The zero-order valence-corrected chi connectivity index (χ0v) is 40.7. The largest absolute Gasteiger partial charge is 0.399 e. The monoisotopic (exact) mass is 995 g/mol. The van der Waals surface area contributed by atoms with Crippen LogP contribution in [0.1, 0.15) is 84.6 Å². The van der Waals surface area contributed by atoms with E-state index in [1.807, 2.05) is 0 Å². The highest BCUT2D eigenvalue weighted by Gasteiger charge is 2.82. The summed E-state index contributed by atoms with van der Waals surface area (Å²) in [6.45, 7) is 5.49. The van der Waals surface area contributed by atoms with Crippen molar-refractivity contribution in [1.82, 2.24) is 47.0 Å². The molecule has 12 amide bonds. The summed E-state index contributed by atoms with van der Waals surface area (Å²) in [5.74, 6) is -9.99. The van der Waals surface area contributed by atoms with Gasteiger partial charge in [-0.15, -0.1) is 0 Å². The Labute approximate surface area is 410 Å². The fraction of sp³-hybridized carbons (Fsp3) is 0.609. The van der Waals surface area contributed by atoms with Crippen molar-refractivity contribution in [2.45, 2.75) is 134 Å². The molecule has 1 aromatic carbocycles. The lowest BCUT2D eigenvalue weighted by atomic mass is 9.96. The van der Waals surface area contributed by atoms with Gasteiger partial charge in [0.2, 0.25) is 65.2 Å². The van der Waals surface area contributed by atoms with Crippen molar-refractivity contribution in [3.05, 3.63) is 29.8 Å². The van der Waals surface area contributed by atoms with E-state index in [9.17, 15) is 52.7 Å². The van der Waals surface area contributed by atoms with Crippen LogP contribution < -0.4 is 54.4 Å². The van der Waals surface area contributed by atoms with E-state index in [4.69, 9.17) is 17.2 Å². The number of nitrogen functional groups attached to an aromatic ring is 1. The summed E-state index contributed by atoms with van der Waals surface area (Å²) in [6, 6.07) is -2.50.